The van der Waals surface area contributed by atoms with E-state index in [0.717, 1.165) is 50.4 Å². The Morgan fingerprint density at radius 3 is 2.08 bits per heavy atom. The van der Waals surface area contributed by atoms with Crippen LogP contribution in [-0.2, 0) is 0 Å². The highest BCUT2D eigenvalue weighted by atomic mass is 35.5. The second-order valence-corrected chi connectivity index (χ2v) is 9.47. The lowest BCUT2D eigenvalue weighted by atomic mass is 9.96. The van der Waals surface area contributed by atoms with Gasteiger partial charge in [0.1, 0.15) is 6.33 Å². The van der Waals surface area contributed by atoms with Gasteiger partial charge in [0.05, 0.1) is 12.6 Å². The molecular formula is C28H36Cl2N6O. The first-order chi connectivity index (χ1) is 17.2. The number of nitrogens with zero attached hydrogens (tertiary/aromatic N) is 6. The number of rotatable bonds is 9. The molecule has 5 rings (SSSR count). The molecule has 3 heterocycles. The second-order valence-electron chi connectivity index (χ2n) is 9.47. The highest BCUT2D eigenvalue weighted by Gasteiger charge is 2.26. The minimum Gasteiger partial charge on any atom is -0.476 e. The van der Waals surface area contributed by atoms with Crippen molar-refractivity contribution in [3.63, 3.8) is 0 Å². The van der Waals surface area contributed by atoms with Gasteiger partial charge in [-0.05, 0) is 29.5 Å². The van der Waals surface area contributed by atoms with Gasteiger partial charge in [-0.15, -0.1) is 39.6 Å². The van der Waals surface area contributed by atoms with E-state index >= 15 is 0 Å². The highest BCUT2D eigenvalue weighted by Crippen LogP contribution is 2.29. The summed E-state index contributed by atoms with van der Waals surface area (Å²) in [6.45, 7) is 10.2. The van der Waals surface area contributed by atoms with Crippen molar-refractivity contribution in [2.24, 2.45) is 0 Å². The van der Waals surface area contributed by atoms with Gasteiger partial charge in [-0.25, -0.2) is 4.98 Å². The maximum absolute atomic E-state index is 6.11. The number of halogens is 2. The Bertz CT molecular complexity index is 1170. The van der Waals surface area contributed by atoms with Crippen molar-refractivity contribution in [2.45, 2.75) is 32.2 Å². The Balaban J connectivity index is 0.00000190. The van der Waals surface area contributed by atoms with Crippen LogP contribution in [0.2, 0.25) is 0 Å². The van der Waals surface area contributed by atoms with Crippen molar-refractivity contribution in [1.82, 2.24) is 29.6 Å². The lowest BCUT2D eigenvalue weighted by Gasteiger charge is -2.39. The number of benzene rings is 2. The largest absolute Gasteiger partial charge is 0.476 e. The lowest BCUT2D eigenvalue weighted by Crippen LogP contribution is -2.48. The van der Waals surface area contributed by atoms with Crippen molar-refractivity contribution in [3.8, 4) is 5.88 Å². The Kier molecular flexibility index (Phi) is 10.7. The van der Waals surface area contributed by atoms with Crippen LogP contribution in [0.1, 0.15) is 48.9 Å². The zero-order valence-corrected chi connectivity index (χ0v) is 23.1. The summed E-state index contributed by atoms with van der Waals surface area (Å²) < 4.78 is 7.64. The minimum atomic E-state index is 0. The maximum Gasteiger partial charge on any atom is 0.237 e. The summed E-state index contributed by atoms with van der Waals surface area (Å²) in [6.07, 6.45) is 2.49. The van der Waals surface area contributed by atoms with E-state index in [2.05, 4.69) is 99.5 Å². The first kappa shape index (κ1) is 28.9. The second kappa shape index (κ2) is 13.7. The van der Waals surface area contributed by atoms with E-state index in [-0.39, 0.29) is 24.8 Å². The molecule has 2 aromatic carbocycles. The predicted molar refractivity (Wildman–Crippen MR) is 152 cm³/mol. The van der Waals surface area contributed by atoms with Crippen LogP contribution in [0.3, 0.4) is 0 Å². The molecule has 0 unspecified atom stereocenters. The summed E-state index contributed by atoms with van der Waals surface area (Å²) >= 11 is 0. The van der Waals surface area contributed by atoms with Crippen LogP contribution in [0, 0.1) is 0 Å². The number of ether oxygens (including phenoxy) is 1. The molecule has 1 aliphatic heterocycles. The van der Waals surface area contributed by atoms with E-state index in [1.165, 1.54) is 22.1 Å². The third-order valence-corrected chi connectivity index (χ3v) is 6.76. The normalized spacial score (nSPS) is 14.5. The first-order valence-corrected chi connectivity index (χ1v) is 12.6. The Hall–Kier alpha value is -2.71. The molecule has 9 heteroatoms. The molecule has 7 nitrogen and oxygen atoms in total. The van der Waals surface area contributed by atoms with Gasteiger partial charge >= 0.3 is 0 Å². The van der Waals surface area contributed by atoms with Crippen LogP contribution in [-0.4, -0.2) is 68.9 Å². The molecule has 0 bridgehead atoms. The first-order valence-electron chi connectivity index (χ1n) is 12.6. The molecule has 0 saturated carbocycles. The molecule has 37 heavy (non-hydrogen) atoms. The van der Waals surface area contributed by atoms with Crippen LogP contribution in [0.15, 0.2) is 73.1 Å². The summed E-state index contributed by atoms with van der Waals surface area (Å²) in [5.74, 6) is 0.978. The average molecular weight is 544 g/mol. The fourth-order valence-corrected chi connectivity index (χ4v) is 4.87. The van der Waals surface area contributed by atoms with Crippen LogP contribution < -0.4 is 4.74 Å². The number of piperazine rings is 1. The molecule has 1 fully saturated rings. The molecule has 0 amide bonds. The summed E-state index contributed by atoms with van der Waals surface area (Å²) in [4.78, 5) is 9.40. The van der Waals surface area contributed by atoms with E-state index in [1.54, 1.807) is 0 Å². The van der Waals surface area contributed by atoms with Crippen molar-refractivity contribution >= 4 is 30.5 Å². The summed E-state index contributed by atoms with van der Waals surface area (Å²) in [6, 6.07) is 24.1. The fraction of sp³-hybridized carbons (Fsp3) is 0.393. The Labute approximate surface area is 231 Å². The number of fused-ring (bicyclic) bond motifs is 1. The number of hydrogen-bond acceptors (Lipinski definition) is 6. The van der Waals surface area contributed by atoms with Gasteiger partial charge in [0.15, 0.2) is 5.65 Å². The molecule has 1 aliphatic rings. The fourth-order valence-electron chi connectivity index (χ4n) is 4.87. The van der Waals surface area contributed by atoms with E-state index in [0.29, 0.717) is 24.4 Å². The van der Waals surface area contributed by atoms with E-state index < -0.39 is 0 Å². The average Bonchev–Trinajstić information content (AvgIpc) is 3.36. The van der Waals surface area contributed by atoms with E-state index in [1.807, 2.05) is 6.07 Å². The monoisotopic (exact) mass is 542 g/mol. The standard InChI is InChI=1S/C28H34N6O.2ClH/c1-22(2)25-20-26-29-21-30-34(26)31-28(25)35-19-9-14-32-15-17-33(18-16-32)27(23-10-5-3-6-11-23)24-12-7-4-8-13-24;;/h3-8,10-13,20-22,27H,9,14-19H2,1-2H3;2*1H. The number of hydrogen-bond donors (Lipinski definition) is 0. The van der Waals surface area contributed by atoms with Gasteiger partial charge in [0.2, 0.25) is 5.88 Å². The zero-order chi connectivity index (χ0) is 24.0. The molecule has 0 atom stereocenters. The predicted octanol–water partition coefficient (Wildman–Crippen LogP) is 5.27. The van der Waals surface area contributed by atoms with Crippen LogP contribution in [0.4, 0.5) is 0 Å². The van der Waals surface area contributed by atoms with Crippen molar-refractivity contribution in [1.29, 1.82) is 0 Å². The van der Waals surface area contributed by atoms with Crippen molar-refractivity contribution < 1.29 is 4.74 Å². The van der Waals surface area contributed by atoms with Gasteiger partial charge in [-0.2, -0.15) is 0 Å². The molecule has 2 aromatic heterocycles. The summed E-state index contributed by atoms with van der Waals surface area (Å²) in [7, 11) is 0. The molecule has 1 saturated heterocycles. The van der Waals surface area contributed by atoms with E-state index in [4.69, 9.17) is 4.74 Å². The zero-order valence-electron chi connectivity index (χ0n) is 21.4. The van der Waals surface area contributed by atoms with Gasteiger partial charge < -0.3 is 9.64 Å². The quantitative estimate of drug-likeness (QED) is 0.268. The molecule has 4 aromatic rings. The lowest BCUT2D eigenvalue weighted by molar-refractivity contribution is 0.104. The van der Waals surface area contributed by atoms with Gasteiger partial charge in [0.25, 0.3) is 0 Å². The van der Waals surface area contributed by atoms with Gasteiger partial charge in [-0.3, -0.25) is 4.90 Å². The smallest absolute Gasteiger partial charge is 0.237 e. The molecular weight excluding hydrogens is 507 g/mol. The van der Waals surface area contributed by atoms with E-state index in [9.17, 15) is 0 Å². The van der Waals surface area contributed by atoms with Gasteiger partial charge in [0, 0.05) is 38.3 Å². The molecule has 0 spiro atoms. The van der Waals surface area contributed by atoms with Crippen LogP contribution in [0.25, 0.3) is 5.65 Å². The van der Waals surface area contributed by atoms with Crippen LogP contribution >= 0.6 is 24.8 Å². The highest BCUT2D eigenvalue weighted by molar-refractivity contribution is 5.85. The van der Waals surface area contributed by atoms with Gasteiger partial charge in [-0.1, -0.05) is 74.5 Å². The molecule has 0 N–H and O–H groups in total. The minimum absolute atomic E-state index is 0. The maximum atomic E-state index is 6.11. The number of aromatic nitrogens is 4. The topological polar surface area (TPSA) is 58.8 Å². The SMILES string of the molecule is CC(C)c1cc2ncnn2nc1OCCCN1CCN(C(c2ccccc2)c2ccccc2)CC1.Cl.Cl. The molecule has 198 valence electrons. The Morgan fingerprint density at radius 2 is 1.49 bits per heavy atom. The summed E-state index contributed by atoms with van der Waals surface area (Å²) in [5, 5.41) is 8.68. The Morgan fingerprint density at radius 1 is 0.865 bits per heavy atom. The molecule has 0 aliphatic carbocycles. The third-order valence-electron chi connectivity index (χ3n) is 6.76. The molecule has 0 radical (unpaired) electrons. The summed E-state index contributed by atoms with van der Waals surface area (Å²) in [5.41, 5.74) is 4.55. The van der Waals surface area contributed by atoms with Crippen molar-refractivity contribution in [3.05, 3.63) is 89.7 Å². The van der Waals surface area contributed by atoms with Crippen LogP contribution in [0.5, 0.6) is 5.88 Å². The third kappa shape index (κ3) is 6.99. The van der Waals surface area contributed by atoms with Crippen molar-refractivity contribution in [2.75, 3.05) is 39.3 Å².